The molecule has 2 aromatic carbocycles. The number of fused-ring (bicyclic) bond motifs is 1. The summed E-state index contributed by atoms with van der Waals surface area (Å²) in [4.78, 5) is 35.6. The summed E-state index contributed by atoms with van der Waals surface area (Å²) in [5, 5.41) is 1.90. The van der Waals surface area contributed by atoms with Gasteiger partial charge in [-0.15, -0.1) is 23.1 Å². The zero-order chi connectivity index (χ0) is 21.1. The zero-order valence-corrected chi connectivity index (χ0v) is 18.4. The minimum absolute atomic E-state index is 0.0145. The molecule has 0 aliphatic rings. The van der Waals surface area contributed by atoms with Crippen LogP contribution < -0.4 is 5.73 Å². The number of thioether (sulfide) groups is 2. The third-order valence-corrected chi connectivity index (χ3v) is 7.03. The van der Waals surface area contributed by atoms with E-state index in [1.54, 1.807) is 24.3 Å². The van der Waals surface area contributed by atoms with Gasteiger partial charge in [-0.1, -0.05) is 72.4 Å². The summed E-state index contributed by atoms with van der Waals surface area (Å²) in [6.07, 6.45) is 1.90. The van der Waals surface area contributed by atoms with E-state index in [1.807, 2.05) is 42.7 Å². The number of rotatable bonds is 7. The first-order chi connectivity index (χ1) is 14.6. The Morgan fingerprint density at radius 2 is 1.60 bits per heavy atom. The van der Waals surface area contributed by atoms with Crippen molar-refractivity contribution in [2.45, 2.75) is 10.2 Å². The molecule has 0 saturated heterocycles. The highest BCUT2D eigenvalue weighted by atomic mass is 32.2. The molecular weight excluding hydrogens is 434 g/mol. The number of ketones is 2. The number of carbonyl (C=O) groups excluding carboxylic acids is 2. The van der Waals surface area contributed by atoms with E-state index in [4.69, 9.17) is 5.73 Å². The highest BCUT2D eigenvalue weighted by Gasteiger charge is 2.22. The van der Waals surface area contributed by atoms with Crippen molar-refractivity contribution in [2.24, 2.45) is 0 Å². The second kappa shape index (κ2) is 8.99. The molecule has 0 unspecified atom stereocenters. The number of nitrogens with two attached hydrogens (primary N) is 1. The molecule has 4 aromatic rings. The maximum absolute atomic E-state index is 12.9. The van der Waals surface area contributed by atoms with Gasteiger partial charge in [-0.2, -0.15) is 0 Å². The van der Waals surface area contributed by atoms with Gasteiger partial charge in [0.05, 0.1) is 16.8 Å². The van der Waals surface area contributed by atoms with Crippen molar-refractivity contribution in [3.05, 3.63) is 76.7 Å². The summed E-state index contributed by atoms with van der Waals surface area (Å²) < 4.78 is 0. The number of nitrogen functional groups attached to an aromatic ring is 1. The van der Waals surface area contributed by atoms with Crippen molar-refractivity contribution >= 4 is 62.3 Å². The van der Waals surface area contributed by atoms with Gasteiger partial charge in [-0.25, -0.2) is 9.97 Å². The van der Waals surface area contributed by atoms with Crippen LogP contribution in [0.1, 0.15) is 25.6 Å². The van der Waals surface area contributed by atoms with E-state index in [-0.39, 0.29) is 17.3 Å². The molecule has 0 spiro atoms. The van der Waals surface area contributed by atoms with Crippen molar-refractivity contribution < 1.29 is 9.59 Å². The van der Waals surface area contributed by atoms with Gasteiger partial charge in [0.25, 0.3) is 0 Å². The predicted molar refractivity (Wildman–Crippen MR) is 125 cm³/mol. The molecule has 30 heavy (non-hydrogen) atoms. The molecule has 4 rings (SSSR count). The number of carbonyl (C=O) groups is 2. The van der Waals surface area contributed by atoms with Crippen molar-refractivity contribution in [3.8, 4) is 0 Å². The molecule has 0 fully saturated rings. The topological polar surface area (TPSA) is 85.9 Å². The summed E-state index contributed by atoms with van der Waals surface area (Å²) in [6.45, 7) is 0. The minimum Gasteiger partial charge on any atom is -0.397 e. The molecule has 0 saturated carbocycles. The lowest BCUT2D eigenvalue weighted by atomic mass is 10.1. The SMILES string of the molecule is CSc1nc(SCC(=O)c2ccccc2)nc2sc(C(=O)c3ccccc3)c(N)c12. The fourth-order valence-corrected chi connectivity index (χ4v) is 5.47. The fraction of sp³-hybridized carbons (Fsp3) is 0.0909. The van der Waals surface area contributed by atoms with Crippen molar-refractivity contribution in [3.63, 3.8) is 0 Å². The van der Waals surface area contributed by atoms with Crippen LogP contribution in [0, 0.1) is 0 Å². The van der Waals surface area contributed by atoms with Crippen LogP contribution in [-0.4, -0.2) is 33.5 Å². The van der Waals surface area contributed by atoms with E-state index < -0.39 is 0 Å². The molecular formula is C22H17N3O2S3. The molecule has 0 aliphatic heterocycles. The Morgan fingerprint density at radius 3 is 2.23 bits per heavy atom. The lowest BCUT2D eigenvalue weighted by molar-refractivity contribution is 0.101. The molecule has 0 radical (unpaired) electrons. The molecule has 0 bridgehead atoms. The van der Waals surface area contributed by atoms with E-state index in [9.17, 15) is 9.59 Å². The summed E-state index contributed by atoms with van der Waals surface area (Å²) in [7, 11) is 0. The zero-order valence-electron chi connectivity index (χ0n) is 16.0. The average molecular weight is 452 g/mol. The number of Topliss-reactive ketones (excluding diaryl/α,β-unsaturated/α-hetero) is 1. The molecule has 0 atom stereocenters. The van der Waals surface area contributed by atoms with Crippen LogP contribution in [0.5, 0.6) is 0 Å². The van der Waals surface area contributed by atoms with Gasteiger partial charge in [0.1, 0.15) is 14.7 Å². The highest BCUT2D eigenvalue weighted by molar-refractivity contribution is 8.00. The van der Waals surface area contributed by atoms with Gasteiger partial charge in [-0.3, -0.25) is 9.59 Å². The van der Waals surface area contributed by atoms with Crippen LogP contribution in [-0.2, 0) is 0 Å². The maximum atomic E-state index is 12.9. The van der Waals surface area contributed by atoms with E-state index in [0.29, 0.717) is 42.1 Å². The molecule has 0 aliphatic carbocycles. The lowest BCUT2D eigenvalue weighted by Crippen LogP contribution is -2.03. The molecule has 2 heterocycles. The fourth-order valence-electron chi connectivity index (χ4n) is 2.91. The van der Waals surface area contributed by atoms with Gasteiger partial charge in [0.2, 0.25) is 5.78 Å². The largest absolute Gasteiger partial charge is 0.397 e. The maximum Gasteiger partial charge on any atom is 0.205 e. The number of nitrogens with zero attached hydrogens (tertiary/aromatic N) is 2. The van der Waals surface area contributed by atoms with E-state index in [1.165, 1.54) is 34.9 Å². The summed E-state index contributed by atoms with van der Waals surface area (Å²) in [6, 6.07) is 18.2. The Labute approximate surface area is 186 Å². The Morgan fingerprint density at radius 1 is 0.967 bits per heavy atom. The normalized spacial score (nSPS) is 11.0. The Balaban J connectivity index is 1.65. The number of hydrogen-bond donors (Lipinski definition) is 1. The van der Waals surface area contributed by atoms with Gasteiger partial charge in [0, 0.05) is 11.1 Å². The second-order valence-corrected chi connectivity index (χ2v) is 9.05. The molecule has 2 aromatic heterocycles. The first kappa shape index (κ1) is 20.6. The molecule has 5 nitrogen and oxygen atoms in total. The van der Waals surface area contributed by atoms with Crippen molar-refractivity contribution in [1.29, 1.82) is 0 Å². The highest BCUT2D eigenvalue weighted by Crippen LogP contribution is 2.39. The van der Waals surface area contributed by atoms with E-state index in [0.717, 1.165) is 0 Å². The third-order valence-electron chi connectivity index (χ3n) is 4.40. The van der Waals surface area contributed by atoms with Gasteiger partial charge in [0.15, 0.2) is 10.9 Å². The minimum atomic E-state index is -0.128. The van der Waals surface area contributed by atoms with Crippen LogP contribution in [0.4, 0.5) is 5.69 Å². The van der Waals surface area contributed by atoms with Crippen molar-refractivity contribution in [2.75, 3.05) is 17.7 Å². The quantitative estimate of drug-likeness (QED) is 0.179. The number of benzene rings is 2. The number of hydrogen-bond acceptors (Lipinski definition) is 8. The first-order valence-electron chi connectivity index (χ1n) is 9.03. The summed E-state index contributed by atoms with van der Waals surface area (Å²) >= 11 is 3.99. The van der Waals surface area contributed by atoms with Crippen LogP contribution >= 0.6 is 34.9 Å². The third kappa shape index (κ3) is 4.12. The number of anilines is 1. The lowest BCUT2D eigenvalue weighted by Gasteiger charge is -2.04. The molecule has 2 N–H and O–H groups in total. The Kier molecular flexibility index (Phi) is 6.17. The Hall–Kier alpha value is -2.68. The number of thiophene rings is 1. The van der Waals surface area contributed by atoms with Crippen LogP contribution in [0.2, 0.25) is 0 Å². The molecule has 0 amide bonds. The molecule has 8 heteroatoms. The standard InChI is InChI=1S/C22H17N3O2S3/c1-28-20-16-17(23)19(18(27)14-10-6-3-7-11-14)30-21(16)25-22(24-20)29-12-15(26)13-8-4-2-5-9-13/h2-11H,12,23H2,1H3. The van der Waals surface area contributed by atoms with E-state index in [2.05, 4.69) is 9.97 Å². The van der Waals surface area contributed by atoms with Gasteiger partial charge >= 0.3 is 0 Å². The molecule has 150 valence electrons. The van der Waals surface area contributed by atoms with Gasteiger partial charge in [-0.05, 0) is 6.26 Å². The summed E-state index contributed by atoms with van der Waals surface area (Å²) in [5.74, 6) is 0.122. The van der Waals surface area contributed by atoms with Crippen molar-refractivity contribution in [1.82, 2.24) is 9.97 Å². The van der Waals surface area contributed by atoms with Crippen LogP contribution in [0.25, 0.3) is 10.2 Å². The number of aromatic nitrogens is 2. The Bertz CT molecular complexity index is 1220. The predicted octanol–water partition coefficient (Wildman–Crippen LogP) is 5.20. The average Bonchev–Trinajstić information content (AvgIpc) is 3.14. The van der Waals surface area contributed by atoms with E-state index >= 15 is 0 Å². The van der Waals surface area contributed by atoms with Crippen LogP contribution in [0.15, 0.2) is 70.8 Å². The summed E-state index contributed by atoms with van der Waals surface area (Å²) in [5.41, 5.74) is 7.99. The van der Waals surface area contributed by atoms with Gasteiger partial charge < -0.3 is 5.73 Å². The second-order valence-electron chi connectivity index (χ2n) is 6.31. The smallest absolute Gasteiger partial charge is 0.205 e. The monoisotopic (exact) mass is 451 g/mol. The first-order valence-corrected chi connectivity index (χ1v) is 12.1. The van der Waals surface area contributed by atoms with Crippen LogP contribution in [0.3, 0.4) is 0 Å².